The van der Waals surface area contributed by atoms with Crippen molar-refractivity contribution in [2.24, 2.45) is 0 Å². The first-order chi connectivity index (χ1) is 9.95. The highest BCUT2D eigenvalue weighted by atomic mass is 16.4. The Balaban J connectivity index is 3.98. The van der Waals surface area contributed by atoms with Crippen molar-refractivity contribution >= 4 is 0 Å². The Kier molecular flexibility index (Phi) is 12.2. The van der Waals surface area contributed by atoms with Gasteiger partial charge in [-0.2, -0.15) is 0 Å². The molecule has 6 nitrogen and oxygen atoms in total. The van der Waals surface area contributed by atoms with Gasteiger partial charge in [0, 0.05) is 6.54 Å². The van der Waals surface area contributed by atoms with Crippen LogP contribution in [-0.4, -0.2) is 69.6 Å². The average Bonchev–Trinajstić information content (AvgIpc) is 2.48. The van der Waals surface area contributed by atoms with E-state index in [1.807, 2.05) is 0 Å². The van der Waals surface area contributed by atoms with E-state index in [-0.39, 0.29) is 6.54 Å². The number of rotatable bonds is 13. The Morgan fingerprint density at radius 3 is 1.81 bits per heavy atom. The SMILES string of the molecule is CCCCCCCCC(O)C(O)C(O)C(O)C(O)CNC. The second-order valence-electron chi connectivity index (χ2n) is 5.72. The topological polar surface area (TPSA) is 113 Å². The lowest BCUT2D eigenvalue weighted by molar-refractivity contribution is -0.133. The Bertz CT molecular complexity index is 242. The van der Waals surface area contributed by atoms with Crippen LogP contribution in [0.25, 0.3) is 0 Å². The Morgan fingerprint density at radius 1 is 0.714 bits per heavy atom. The van der Waals surface area contributed by atoms with Crippen molar-refractivity contribution < 1.29 is 25.5 Å². The number of unbranched alkanes of at least 4 members (excludes halogenated alkanes) is 5. The maximum atomic E-state index is 9.83. The summed E-state index contributed by atoms with van der Waals surface area (Å²) in [5, 5.41) is 51.3. The molecule has 0 aromatic rings. The molecule has 0 fully saturated rings. The van der Waals surface area contributed by atoms with Crippen molar-refractivity contribution in [3.8, 4) is 0 Å². The quantitative estimate of drug-likeness (QED) is 0.262. The van der Waals surface area contributed by atoms with E-state index < -0.39 is 30.5 Å². The molecule has 0 aliphatic rings. The summed E-state index contributed by atoms with van der Waals surface area (Å²) in [5.41, 5.74) is 0. The van der Waals surface area contributed by atoms with Gasteiger partial charge in [0.05, 0.1) is 12.2 Å². The van der Waals surface area contributed by atoms with Crippen molar-refractivity contribution in [2.45, 2.75) is 82.4 Å². The van der Waals surface area contributed by atoms with Crippen molar-refractivity contribution in [3.63, 3.8) is 0 Å². The fraction of sp³-hybridized carbons (Fsp3) is 1.00. The first kappa shape index (κ1) is 20.8. The molecule has 0 saturated heterocycles. The molecule has 0 aromatic heterocycles. The van der Waals surface area contributed by atoms with E-state index in [0.29, 0.717) is 6.42 Å². The van der Waals surface area contributed by atoms with E-state index >= 15 is 0 Å². The number of aliphatic hydroxyl groups is 5. The molecular weight excluding hydrogens is 274 g/mol. The molecule has 0 spiro atoms. The van der Waals surface area contributed by atoms with Crippen LogP contribution in [0, 0.1) is 0 Å². The van der Waals surface area contributed by atoms with Crippen LogP contribution in [0.15, 0.2) is 0 Å². The second kappa shape index (κ2) is 12.3. The van der Waals surface area contributed by atoms with Crippen LogP contribution in [0.4, 0.5) is 0 Å². The van der Waals surface area contributed by atoms with Crippen molar-refractivity contribution in [1.29, 1.82) is 0 Å². The minimum absolute atomic E-state index is 0.0957. The molecule has 5 atom stereocenters. The first-order valence-electron chi connectivity index (χ1n) is 8.00. The van der Waals surface area contributed by atoms with E-state index in [4.69, 9.17) is 0 Å². The van der Waals surface area contributed by atoms with Gasteiger partial charge in [-0.15, -0.1) is 0 Å². The normalized spacial score (nSPS) is 19.0. The van der Waals surface area contributed by atoms with Crippen LogP contribution in [-0.2, 0) is 0 Å². The van der Waals surface area contributed by atoms with Gasteiger partial charge in [0.15, 0.2) is 0 Å². The van der Waals surface area contributed by atoms with Crippen LogP contribution >= 0.6 is 0 Å². The van der Waals surface area contributed by atoms with Gasteiger partial charge in [-0.25, -0.2) is 0 Å². The van der Waals surface area contributed by atoms with E-state index in [0.717, 1.165) is 19.3 Å². The van der Waals surface area contributed by atoms with Gasteiger partial charge < -0.3 is 30.8 Å². The van der Waals surface area contributed by atoms with Gasteiger partial charge in [-0.3, -0.25) is 0 Å². The Morgan fingerprint density at radius 2 is 1.24 bits per heavy atom. The highest BCUT2D eigenvalue weighted by Gasteiger charge is 2.33. The third kappa shape index (κ3) is 8.70. The largest absolute Gasteiger partial charge is 0.390 e. The van der Waals surface area contributed by atoms with E-state index in [9.17, 15) is 25.5 Å². The molecule has 6 heteroatoms. The molecule has 0 aliphatic heterocycles. The minimum Gasteiger partial charge on any atom is -0.390 e. The fourth-order valence-corrected chi connectivity index (χ4v) is 2.29. The zero-order valence-corrected chi connectivity index (χ0v) is 13.3. The van der Waals surface area contributed by atoms with Crippen LogP contribution in [0.2, 0.25) is 0 Å². The van der Waals surface area contributed by atoms with Gasteiger partial charge in [0.2, 0.25) is 0 Å². The summed E-state index contributed by atoms with van der Waals surface area (Å²) in [6.07, 6.45) is -0.0241. The molecule has 0 aliphatic carbocycles. The minimum atomic E-state index is -1.57. The summed E-state index contributed by atoms with van der Waals surface area (Å²) in [7, 11) is 1.60. The lowest BCUT2D eigenvalue weighted by Gasteiger charge is -2.29. The van der Waals surface area contributed by atoms with Gasteiger partial charge in [-0.05, 0) is 13.5 Å². The maximum absolute atomic E-state index is 9.83. The van der Waals surface area contributed by atoms with Crippen LogP contribution in [0.3, 0.4) is 0 Å². The molecule has 0 heterocycles. The molecular formula is C15H33NO5. The van der Waals surface area contributed by atoms with Gasteiger partial charge >= 0.3 is 0 Å². The molecule has 0 bridgehead atoms. The smallest absolute Gasteiger partial charge is 0.111 e. The molecule has 128 valence electrons. The number of aliphatic hydroxyl groups excluding tert-OH is 5. The van der Waals surface area contributed by atoms with Crippen LogP contribution < -0.4 is 5.32 Å². The summed E-state index contributed by atoms with van der Waals surface area (Å²) in [5.74, 6) is 0. The first-order valence-corrected chi connectivity index (χ1v) is 8.00. The molecule has 0 saturated carbocycles. The fourth-order valence-electron chi connectivity index (χ4n) is 2.29. The zero-order valence-electron chi connectivity index (χ0n) is 13.3. The molecule has 21 heavy (non-hydrogen) atoms. The van der Waals surface area contributed by atoms with Gasteiger partial charge in [0.1, 0.15) is 18.3 Å². The second-order valence-corrected chi connectivity index (χ2v) is 5.72. The molecule has 0 radical (unpaired) electrons. The van der Waals surface area contributed by atoms with Crippen molar-refractivity contribution in [1.82, 2.24) is 5.32 Å². The summed E-state index contributed by atoms with van der Waals surface area (Å²) < 4.78 is 0. The third-order valence-electron chi connectivity index (χ3n) is 3.75. The summed E-state index contributed by atoms with van der Waals surface area (Å²) >= 11 is 0. The molecule has 0 aromatic carbocycles. The predicted octanol–water partition coefficient (Wildman–Crippen LogP) is -0.239. The van der Waals surface area contributed by atoms with Crippen molar-refractivity contribution in [3.05, 3.63) is 0 Å². The Labute approximate surface area is 127 Å². The zero-order chi connectivity index (χ0) is 16.3. The van der Waals surface area contributed by atoms with Crippen LogP contribution in [0.1, 0.15) is 51.9 Å². The Hall–Kier alpha value is -0.240. The molecule has 0 rings (SSSR count). The third-order valence-corrected chi connectivity index (χ3v) is 3.75. The molecule has 6 N–H and O–H groups in total. The highest BCUT2D eigenvalue weighted by molar-refractivity contribution is 4.85. The number of hydrogen-bond acceptors (Lipinski definition) is 6. The molecule has 0 amide bonds. The number of hydrogen-bond donors (Lipinski definition) is 6. The summed E-state index contributed by atoms with van der Waals surface area (Å²) in [6.45, 7) is 2.24. The van der Waals surface area contributed by atoms with Gasteiger partial charge in [0.25, 0.3) is 0 Å². The highest BCUT2D eigenvalue weighted by Crippen LogP contribution is 2.14. The lowest BCUT2D eigenvalue weighted by atomic mass is 9.96. The lowest BCUT2D eigenvalue weighted by Crippen LogP contribution is -2.51. The summed E-state index contributed by atoms with van der Waals surface area (Å²) in [6, 6.07) is 0. The van der Waals surface area contributed by atoms with Crippen LogP contribution in [0.5, 0.6) is 0 Å². The molecule has 5 unspecified atom stereocenters. The van der Waals surface area contributed by atoms with E-state index in [1.165, 1.54) is 19.3 Å². The standard InChI is InChI=1S/C15H33NO5/c1-3-4-5-6-7-8-9-11(17)13(19)15(21)14(20)12(18)10-16-2/h11-21H,3-10H2,1-2H3. The monoisotopic (exact) mass is 307 g/mol. The summed E-state index contributed by atoms with van der Waals surface area (Å²) in [4.78, 5) is 0. The average molecular weight is 307 g/mol. The number of likely N-dealkylation sites (N-methyl/N-ethyl adjacent to an activating group) is 1. The van der Waals surface area contributed by atoms with E-state index in [1.54, 1.807) is 7.05 Å². The van der Waals surface area contributed by atoms with E-state index in [2.05, 4.69) is 12.2 Å². The predicted molar refractivity (Wildman–Crippen MR) is 82.0 cm³/mol. The van der Waals surface area contributed by atoms with Gasteiger partial charge in [-0.1, -0.05) is 45.4 Å². The number of nitrogens with one attached hydrogen (secondary N) is 1. The van der Waals surface area contributed by atoms with Crippen molar-refractivity contribution in [2.75, 3.05) is 13.6 Å². The maximum Gasteiger partial charge on any atom is 0.111 e.